The molecule has 0 unspecified atom stereocenters. The molecule has 0 radical (unpaired) electrons. The molecule has 0 bridgehead atoms. The Hall–Kier alpha value is -2.65. The van der Waals surface area contributed by atoms with Gasteiger partial charge in [-0.15, -0.1) is 0 Å². The molecule has 0 aliphatic heterocycles. The molecule has 3 aromatic carbocycles. The number of imidazole rings is 1. The average Bonchev–Trinajstić information content (AvgIpc) is 3.08. The number of halogens is 1. The zero-order chi connectivity index (χ0) is 17.2. The second kappa shape index (κ2) is 6.69. The van der Waals surface area contributed by atoms with Crippen molar-refractivity contribution in [3.8, 4) is 27.9 Å². The van der Waals surface area contributed by atoms with Crippen LogP contribution in [0.4, 0.5) is 0 Å². The van der Waals surface area contributed by atoms with Gasteiger partial charge >= 0.3 is 0 Å². The molecule has 122 valence electrons. The minimum absolute atomic E-state index is 0.797. The molecule has 0 saturated heterocycles. The topological polar surface area (TPSA) is 17.8 Å². The molecule has 0 spiro atoms. The van der Waals surface area contributed by atoms with Crippen molar-refractivity contribution in [2.24, 2.45) is 0 Å². The number of hydrogen-bond donors (Lipinski definition) is 0. The van der Waals surface area contributed by atoms with Gasteiger partial charge in [0.25, 0.3) is 0 Å². The summed E-state index contributed by atoms with van der Waals surface area (Å²) in [6.07, 6.45) is 3.81. The van der Waals surface area contributed by atoms with Crippen LogP contribution in [0, 0.1) is 6.92 Å². The Morgan fingerprint density at radius 1 is 0.800 bits per heavy atom. The van der Waals surface area contributed by atoms with E-state index in [9.17, 15) is 0 Å². The Kier molecular flexibility index (Phi) is 4.24. The monoisotopic (exact) mass is 388 g/mol. The van der Waals surface area contributed by atoms with Crippen molar-refractivity contribution in [2.75, 3.05) is 0 Å². The van der Waals surface area contributed by atoms with E-state index in [0.29, 0.717) is 0 Å². The van der Waals surface area contributed by atoms with Gasteiger partial charge in [-0.25, -0.2) is 4.98 Å². The van der Waals surface area contributed by atoms with Gasteiger partial charge in [0.05, 0.1) is 5.69 Å². The molecule has 0 aliphatic carbocycles. The number of benzene rings is 3. The van der Waals surface area contributed by atoms with Gasteiger partial charge in [0.2, 0.25) is 0 Å². The zero-order valence-corrected chi connectivity index (χ0v) is 15.4. The molecule has 2 nitrogen and oxygen atoms in total. The molecule has 0 saturated carbocycles. The highest BCUT2D eigenvalue weighted by Crippen LogP contribution is 2.37. The van der Waals surface area contributed by atoms with Crippen LogP contribution in [0.25, 0.3) is 27.9 Å². The zero-order valence-electron chi connectivity index (χ0n) is 13.9. The molecule has 0 atom stereocenters. The molecule has 0 N–H and O–H groups in total. The highest BCUT2D eigenvalue weighted by Gasteiger charge is 2.16. The van der Waals surface area contributed by atoms with Crippen molar-refractivity contribution in [1.29, 1.82) is 0 Å². The number of hydrogen-bond acceptors (Lipinski definition) is 1. The van der Waals surface area contributed by atoms with Crippen LogP contribution < -0.4 is 0 Å². The fraction of sp³-hybridized carbons (Fsp3) is 0.0455. The van der Waals surface area contributed by atoms with Crippen LogP contribution in [0.5, 0.6) is 0 Å². The van der Waals surface area contributed by atoms with Gasteiger partial charge in [-0.1, -0.05) is 60.7 Å². The summed E-state index contributed by atoms with van der Waals surface area (Å²) in [6, 6.07) is 25.5. The van der Waals surface area contributed by atoms with Crippen molar-refractivity contribution < 1.29 is 0 Å². The largest absolute Gasteiger partial charge is 0.293 e. The first-order valence-electron chi connectivity index (χ1n) is 8.19. The summed E-state index contributed by atoms with van der Waals surface area (Å²) >= 11 is 3.59. The second-order valence-electron chi connectivity index (χ2n) is 6.01. The first kappa shape index (κ1) is 15.9. The second-order valence-corrected chi connectivity index (χ2v) is 6.72. The lowest BCUT2D eigenvalue weighted by molar-refractivity contribution is 1.02. The predicted molar refractivity (Wildman–Crippen MR) is 107 cm³/mol. The fourth-order valence-corrected chi connectivity index (χ4v) is 3.58. The molecule has 0 aliphatic rings. The first-order chi connectivity index (χ1) is 12.2. The third kappa shape index (κ3) is 3.03. The van der Waals surface area contributed by atoms with Crippen molar-refractivity contribution in [1.82, 2.24) is 9.55 Å². The van der Waals surface area contributed by atoms with Gasteiger partial charge in [-0.05, 0) is 51.7 Å². The summed E-state index contributed by atoms with van der Waals surface area (Å²) in [5.41, 5.74) is 7.14. The SMILES string of the molecule is Cc1cc(-c2ccccc2)c(-n2ccnc2Br)c(-c2ccccc2)c1. The van der Waals surface area contributed by atoms with E-state index in [1.165, 1.54) is 27.8 Å². The standard InChI is InChI=1S/C22H17BrN2/c1-16-14-19(17-8-4-2-5-9-17)21(25-13-12-24-22(25)23)20(15-16)18-10-6-3-7-11-18/h2-15H,1H3. The van der Waals surface area contributed by atoms with Crippen LogP contribution in [-0.4, -0.2) is 9.55 Å². The molecular formula is C22H17BrN2. The number of aryl methyl sites for hydroxylation is 1. The fourth-order valence-electron chi connectivity index (χ4n) is 3.17. The lowest BCUT2D eigenvalue weighted by atomic mass is 9.93. The van der Waals surface area contributed by atoms with E-state index in [4.69, 9.17) is 0 Å². The van der Waals surface area contributed by atoms with E-state index in [2.05, 4.69) is 93.1 Å². The minimum atomic E-state index is 0.797. The van der Waals surface area contributed by atoms with Crippen molar-refractivity contribution in [3.05, 3.63) is 95.5 Å². The molecule has 25 heavy (non-hydrogen) atoms. The maximum Gasteiger partial charge on any atom is 0.181 e. The van der Waals surface area contributed by atoms with Crippen LogP contribution in [0.15, 0.2) is 89.9 Å². The Morgan fingerprint density at radius 2 is 1.32 bits per heavy atom. The lowest BCUT2D eigenvalue weighted by Crippen LogP contribution is -2.01. The summed E-state index contributed by atoms with van der Waals surface area (Å²) in [7, 11) is 0. The Morgan fingerprint density at radius 3 is 1.76 bits per heavy atom. The lowest BCUT2D eigenvalue weighted by Gasteiger charge is -2.18. The maximum atomic E-state index is 4.36. The molecule has 4 aromatic rings. The Labute approximate surface area is 155 Å². The summed E-state index contributed by atoms with van der Waals surface area (Å²) in [4.78, 5) is 4.36. The van der Waals surface area contributed by atoms with E-state index < -0.39 is 0 Å². The smallest absolute Gasteiger partial charge is 0.181 e. The van der Waals surface area contributed by atoms with Gasteiger partial charge in [-0.2, -0.15) is 0 Å². The molecule has 0 fully saturated rings. The van der Waals surface area contributed by atoms with Crippen LogP contribution in [0.2, 0.25) is 0 Å². The normalized spacial score (nSPS) is 10.8. The number of rotatable bonds is 3. The summed E-state index contributed by atoms with van der Waals surface area (Å²) in [5.74, 6) is 0. The van der Waals surface area contributed by atoms with Crippen molar-refractivity contribution in [2.45, 2.75) is 6.92 Å². The molecule has 3 heteroatoms. The average molecular weight is 389 g/mol. The first-order valence-corrected chi connectivity index (χ1v) is 8.98. The minimum Gasteiger partial charge on any atom is -0.293 e. The Balaban J connectivity index is 2.09. The van der Waals surface area contributed by atoms with Crippen LogP contribution >= 0.6 is 15.9 Å². The van der Waals surface area contributed by atoms with E-state index in [1.54, 1.807) is 0 Å². The summed E-state index contributed by atoms with van der Waals surface area (Å²) in [5, 5.41) is 0. The summed E-state index contributed by atoms with van der Waals surface area (Å²) < 4.78 is 2.90. The number of aromatic nitrogens is 2. The Bertz CT molecular complexity index is 944. The molecular weight excluding hydrogens is 372 g/mol. The van der Waals surface area contributed by atoms with Crippen molar-refractivity contribution in [3.63, 3.8) is 0 Å². The van der Waals surface area contributed by atoms with E-state index in [1.807, 2.05) is 24.5 Å². The van der Waals surface area contributed by atoms with Gasteiger partial charge in [0.15, 0.2) is 4.73 Å². The highest BCUT2D eigenvalue weighted by atomic mass is 79.9. The van der Waals surface area contributed by atoms with Gasteiger partial charge in [-0.3, -0.25) is 4.57 Å². The van der Waals surface area contributed by atoms with Gasteiger partial charge < -0.3 is 0 Å². The quantitative estimate of drug-likeness (QED) is 0.403. The molecule has 1 heterocycles. The van der Waals surface area contributed by atoms with Crippen molar-refractivity contribution >= 4 is 15.9 Å². The third-order valence-electron chi connectivity index (χ3n) is 4.26. The highest BCUT2D eigenvalue weighted by molar-refractivity contribution is 9.10. The van der Waals surface area contributed by atoms with E-state index >= 15 is 0 Å². The predicted octanol–water partition coefficient (Wildman–Crippen LogP) is 6.28. The number of nitrogens with zero attached hydrogens (tertiary/aromatic N) is 2. The van der Waals surface area contributed by atoms with Gasteiger partial charge in [0, 0.05) is 23.5 Å². The van der Waals surface area contributed by atoms with E-state index in [-0.39, 0.29) is 0 Å². The molecule has 0 amide bonds. The maximum absolute atomic E-state index is 4.36. The third-order valence-corrected chi connectivity index (χ3v) is 4.85. The molecule has 4 rings (SSSR count). The van der Waals surface area contributed by atoms with Crippen LogP contribution in [-0.2, 0) is 0 Å². The van der Waals surface area contributed by atoms with Crippen LogP contribution in [0.1, 0.15) is 5.56 Å². The van der Waals surface area contributed by atoms with Gasteiger partial charge in [0.1, 0.15) is 0 Å². The van der Waals surface area contributed by atoms with E-state index in [0.717, 1.165) is 10.4 Å². The van der Waals surface area contributed by atoms with Crippen LogP contribution in [0.3, 0.4) is 0 Å². The summed E-state index contributed by atoms with van der Waals surface area (Å²) in [6.45, 7) is 2.14. The molecule has 1 aromatic heterocycles.